The van der Waals surface area contributed by atoms with Gasteiger partial charge in [-0.1, -0.05) is 19.9 Å². The molecule has 1 amide bonds. The SMILES string of the molecule is CC(C)NCc1ccc(N2CCNC(=O)CC2)nc1. The van der Waals surface area contributed by atoms with Crippen molar-refractivity contribution in [2.24, 2.45) is 0 Å². The van der Waals surface area contributed by atoms with E-state index in [1.54, 1.807) is 0 Å². The molecule has 1 saturated heterocycles. The first-order chi connectivity index (χ1) is 9.15. The predicted octanol–water partition coefficient (Wildman–Crippen LogP) is 0.906. The largest absolute Gasteiger partial charge is 0.354 e. The molecule has 1 aromatic rings. The van der Waals surface area contributed by atoms with E-state index in [9.17, 15) is 4.79 Å². The van der Waals surface area contributed by atoms with E-state index >= 15 is 0 Å². The minimum atomic E-state index is 0.125. The quantitative estimate of drug-likeness (QED) is 0.846. The van der Waals surface area contributed by atoms with Gasteiger partial charge in [0.1, 0.15) is 5.82 Å². The Morgan fingerprint density at radius 3 is 2.95 bits per heavy atom. The van der Waals surface area contributed by atoms with Gasteiger partial charge in [-0.3, -0.25) is 4.79 Å². The first kappa shape index (κ1) is 13.8. The molecule has 5 heteroatoms. The van der Waals surface area contributed by atoms with Crippen LogP contribution >= 0.6 is 0 Å². The van der Waals surface area contributed by atoms with Gasteiger partial charge in [0.15, 0.2) is 0 Å². The fourth-order valence-electron chi connectivity index (χ4n) is 2.03. The van der Waals surface area contributed by atoms with Crippen molar-refractivity contribution < 1.29 is 4.79 Å². The summed E-state index contributed by atoms with van der Waals surface area (Å²) in [7, 11) is 0. The zero-order chi connectivity index (χ0) is 13.7. The maximum absolute atomic E-state index is 11.3. The van der Waals surface area contributed by atoms with Gasteiger partial charge in [0.2, 0.25) is 5.91 Å². The Bertz CT molecular complexity index is 416. The predicted molar refractivity (Wildman–Crippen MR) is 76.1 cm³/mol. The summed E-state index contributed by atoms with van der Waals surface area (Å²) >= 11 is 0. The highest BCUT2D eigenvalue weighted by molar-refractivity contribution is 5.77. The first-order valence-corrected chi connectivity index (χ1v) is 6.85. The molecule has 0 unspecified atom stereocenters. The highest BCUT2D eigenvalue weighted by atomic mass is 16.1. The van der Waals surface area contributed by atoms with Crippen molar-refractivity contribution >= 4 is 11.7 Å². The summed E-state index contributed by atoms with van der Waals surface area (Å²) in [4.78, 5) is 17.9. The fourth-order valence-corrected chi connectivity index (χ4v) is 2.03. The van der Waals surface area contributed by atoms with Gasteiger partial charge in [-0.2, -0.15) is 0 Å². The molecular formula is C14H22N4O. The van der Waals surface area contributed by atoms with Crippen LogP contribution in [0, 0.1) is 0 Å². The molecule has 1 aliphatic rings. The molecule has 0 aliphatic carbocycles. The molecule has 5 nitrogen and oxygen atoms in total. The van der Waals surface area contributed by atoms with Crippen molar-refractivity contribution in [1.29, 1.82) is 0 Å². The molecular weight excluding hydrogens is 240 g/mol. The zero-order valence-electron chi connectivity index (χ0n) is 11.6. The Labute approximate surface area is 114 Å². The highest BCUT2D eigenvalue weighted by Crippen LogP contribution is 2.12. The third-order valence-electron chi connectivity index (χ3n) is 3.16. The van der Waals surface area contributed by atoms with Crippen LogP contribution < -0.4 is 15.5 Å². The molecule has 1 aromatic heterocycles. The van der Waals surface area contributed by atoms with Gasteiger partial charge in [0, 0.05) is 44.8 Å². The maximum Gasteiger partial charge on any atom is 0.221 e. The molecule has 0 atom stereocenters. The second kappa shape index (κ2) is 6.52. The zero-order valence-corrected chi connectivity index (χ0v) is 11.6. The van der Waals surface area contributed by atoms with E-state index in [1.165, 1.54) is 5.56 Å². The average molecular weight is 262 g/mol. The van der Waals surface area contributed by atoms with Crippen LogP contribution in [0.4, 0.5) is 5.82 Å². The Morgan fingerprint density at radius 2 is 2.26 bits per heavy atom. The Kier molecular flexibility index (Phi) is 4.74. The summed E-state index contributed by atoms with van der Waals surface area (Å²) in [5.41, 5.74) is 1.18. The number of hydrogen-bond donors (Lipinski definition) is 2. The lowest BCUT2D eigenvalue weighted by molar-refractivity contribution is -0.120. The van der Waals surface area contributed by atoms with Gasteiger partial charge >= 0.3 is 0 Å². The van der Waals surface area contributed by atoms with E-state index in [0.29, 0.717) is 19.0 Å². The van der Waals surface area contributed by atoms with E-state index in [-0.39, 0.29) is 5.91 Å². The third-order valence-corrected chi connectivity index (χ3v) is 3.16. The Balaban J connectivity index is 1.95. The summed E-state index contributed by atoms with van der Waals surface area (Å²) in [5, 5.41) is 6.24. The second-order valence-electron chi connectivity index (χ2n) is 5.15. The lowest BCUT2D eigenvalue weighted by Crippen LogP contribution is -2.29. The van der Waals surface area contributed by atoms with Crippen molar-refractivity contribution in [3.05, 3.63) is 23.9 Å². The summed E-state index contributed by atoms with van der Waals surface area (Å²) in [5.74, 6) is 1.07. The lowest BCUT2D eigenvalue weighted by atomic mass is 10.2. The van der Waals surface area contributed by atoms with Crippen LogP contribution in [0.3, 0.4) is 0 Å². The maximum atomic E-state index is 11.3. The molecule has 1 fully saturated rings. The highest BCUT2D eigenvalue weighted by Gasteiger charge is 2.14. The minimum Gasteiger partial charge on any atom is -0.354 e. The number of nitrogens with one attached hydrogen (secondary N) is 2. The number of amides is 1. The van der Waals surface area contributed by atoms with Crippen LogP contribution in [0.25, 0.3) is 0 Å². The van der Waals surface area contributed by atoms with Crippen LogP contribution in [0.5, 0.6) is 0 Å². The third kappa shape index (κ3) is 4.21. The Morgan fingerprint density at radius 1 is 1.42 bits per heavy atom. The second-order valence-corrected chi connectivity index (χ2v) is 5.15. The standard InChI is InChI=1S/C14H22N4O/c1-11(2)16-9-12-3-4-13(17-10-12)18-7-5-14(19)15-6-8-18/h3-4,10-11,16H,5-9H2,1-2H3,(H,15,19). The molecule has 0 bridgehead atoms. The van der Waals surface area contributed by atoms with Gasteiger partial charge in [0.05, 0.1) is 0 Å². The number of anilines is 1. The number of nitrogens with zero attached hydrogens (tertiary/aromatic N) is 2. The lowest BCUT2D eigenvalue weighted by Gasteiger charge is -2.20. The van der Waals surface area contributed by atoms with Crippen LogP contribution in [-0.2, 0) is 11.3 Å². The molecule has 2 rings (SSSR count). The molecule has 0 spiro atoms. The van der Waals surface area contributed by atoms with Crippen LogP contribution in [0.15, 0.2) is 18.3 Å². The summed E-state index contributed by atoms with van der Waals surface area (Å²) in [6.45, 7) is 7.35. The number of rotatable bonds is 4. The Hall–Kier alpha value is -1.62. The van der Waals surface area contributed by atoms with Crippen molar-refractivity contribution in [3.8, 4) is 0 Å². The minimum absolute atomic E-state index is 0.125. The van der Waals surface area contributed by atoms with Crippen molar-refractivity contribution in [2.75, 3.05) is 24.5 Å². The van der Waals surface area contributed by atoms with Crippen molar-refractivity contribution in [1.82, 2.24) is 15.6 Å². The normalized spacial score (nSPS) is 16.4. The first-order valence-electron chi connectivity index (χ1n) is 6.85. The van der Waals surface area contributed by atoms with Gasteiger partial charge < -0.3 is 15.5 Å². The van der Waals surface area contributed by atoms with Crippen molar-refractivity contribution in [2.45, 2.75) is 32.9 Å². The molecule has 0 aromatic carbocycles. The fraction of sp³-hybridized carbons (Fsp3) is 0.571. The van der Waals surface area contributed by atoms with Crippen LogP contribution in [-0.4, -0.2) is 36.6 Å². The van der Waals surface area contributed by atoms with Gasteiger partial charge in [-0.15, -0.1) is 0 Å². The average Bonchev–Trinajstić information content (AvgIpc) is 2.62. The number of carbonyl (C=O) groups excluding carboxylic acids is 1. The van der Waals surface area contributed by atoms with E-state index in [4.69, 9.17) is 0 Å². The monoisotopic (exact) mass is 262 g/mol. The number of aromatic nitrogens is 1. The van der Waals surface area contributed by atoms with E-state index in [0.717, 1.165) is 25.5 Å². The number of pyridine rings is 1. The number of carbonyl (C=O) groups is 1. The molecule has 0 saturated carbocycles. The summed E-state index contributed by atoms with van der Waals surface area (Å²) in [6.07, 6.45) is 2.45. The molecule has 0 radical (unpaired) electrons. The van der Waals surface area contributed by atoms with Crippen LogP contribution in [0.2, 0.25) is 0 Å². The molecule has 2 N–H and O–H groups in total. The number of hydrogen-bond acceptors (Lipinski definition) is 4. The summed E-state index contributed by atoms with van der Waals surface area (Å²) in [6, 6.07) is 4.60. The summed E-state index contributed by atoms with van der Waals surface area (Å²) < 4.78 is 0. The molecule has 19 heavy (non-hydrogen) atoms. The molecule has 1 aliphatic heterocycles. The van der Waals surface area contributed by atoms with Crippen molar-refractivity contribution in [3.63, 3.8) is 0 Å². The van der Waals surface area contributed by atoms with E-state index in [1.807, 2.05) is 12.3 Å². The van der Waals surface area contributed by atoms with Gasteiger partial charge in [-0.25, -0.2) is 4.98 Å². The van der Waals surface area contributed by atoms with Gasteiger partial charge in [-0.05, 0) is 11.6 Å². The molecule has 2 heterocycles. The van der Waals surface area contributed by atoms with E-state index in [2.05, 4.69) is 40.4 Å². The molecule has 104 valence electrons. The smallest absolute Gasteiger partial charge is 0.221 e. The topological polar surface area (TPSA) is 57.3 Å². The van der Waals surface area contributed by atoms with Crippen LogP contribution in [0.1, 0.15) is 25.8 Å². The van der Waals surface area contributed by atoms with Gasteiger partial charge in [0.25, 0.3) is 0 Å². The van der Waals surface area contributed by atoms with E-state index < -0.39 is 0 Å².